The fraction of sp³-hybridized carbons (Fsp3) is 0.364. The van der Waals surface area contributed by atoms with E-state index in [0.29, 0.717) is 5.82 Å². The van der Waals surface area contributed by atoms with Crippen LogP contribution >= 0.6 is 0 Å². The van der Waals surface area contributed by atoms with Gasteiger partial charge in [-0.15, -0.1) is 0 Å². The summed E-state index contributed by atoms with van der Waals surface area (Å²) in [6.45, 7) is 6.19. The average molecular weight is 377 g/mol. The quantitative estimate of drug-likeness (QED) is 0.728. The number of rotatable bonds is 4. The van der Waals surface area contributed by atoms with Gasteiger partial charge in [0.05, 0.1) is 5.52 Å². The van der Waals surface area contributed by atoms with Crippen LogP contribution in [0.5, 0.6) is 0 Å². The third kappa shape index (κ3) is 3.73. The molecule has 28 heavy (non-hydrogen) atoms. The topological polar surface area (TPSA) is 62.2 Å². The van der Waals surface area contributed by atoms with Crippen LogP contribution in [0, 0.1) is 0 Å². The van der Waals surface area contributed by atoms with Gasteiger partial charge in [-0.05, 0) is 38.0 Å². The molecule has 2 amide bonds. The summed E-state index contributed by atoms with van der Waals surface area (Å²) < 4.78 is 1.78. The number of carbonyl (C=O) groups is 1. The van der Waals surface area contributed by atoms with Crippen molar-refractivity contribution in [2.24, 2.45) is 7.05 Å². The van der Waals surface area contributed by atoms with Crippen LogP contribution in [0.3, 0.4) is 0 Å². The Kier molecular flexibility index (Phi) is 4.81. The number of nitrogens with zero attached hydrogens (tertiary/aromatic N) is 3. The number of hydrogen-bond donors (Lipinski definition) is 2. The summed E-state index contributed by atoms with van der Waals surface area (Å²) in [4.78, 5) is 15.0. The van der Waals surface area contributed by atoms with Gasteiger partial charge in [-0.25, -0.2) is 4.79 Å². The first kappa shape index (κ1) is 18.5. The molecule has 6 nitrogen and oxygen atoms in total. The minimum absolute atomic E-state index is 0.0332. The van der Waals surface area contributed by atoms with Gasteiger partial charge in [0, 0.05) is 37.1 Å². The lowest BCUT2D eigenvalue weighted by molar-refractivity contribution is 0.166. The van der Waals surface area contributed by atoms with Gasteiger partial charge in [0.25, 0.3) is 0 Å². The summed E-state index contributed by atoms with van der Waals surface area (Å²) in [5.74, 6) is 0.592. The number of hydrogen-bond acceptors (Lipinski definition) is 3. The Morgan fingerprint density at radius 1 is 1.14 bits per heavy atom. The Bertz CT molecular complexity index is 979. The number of urea groups is 1. The normalized spacial score (nSPS) is 19.0. The molecular formula is C22H27N5O. The maximum atomic E-state index is 12.6. The lowest BCUT2D eigenvalue weighted by Crippen LogP contribution is -2.40. The first-order valence-electron chi connectivity index (χ1n) is 9.70. The number of anilines is 1. The summed E-state index contributed by atoms with van der Waals surface area (Å²) >= 11 is 0. The molecule has 1 aliphatic heterocycles. The average Bonchev–Trinajstić information content (AvgIpc) is 3.12. The van der Waals surface area contributed by atoms with E-state index in [1.54, 1.807) is 4.68 Å². The predicted molar refractivity (Wildman–Crippen MR) is 112 cm³/mol. The van der Waals surface area contributed by atoms with Gasteiger partial charge in [-0.3, -0.25) is 14.9 Å². The van der Waals surface area contributed by atoms with Crippen molar-refractivity contribution in [3.63, 3.8) is 0 Å². The van der Waals surface area contributed by atoms with Crippen molar-refractivity contribution in [3.8, 4) is 0 Å². The number of carbonyl (C=O) groups excluding carboxylic acids is 1. The van der Waals surface area contributed by atoms with E-state index in [-0.39, 0.29) is 17.6 Å². The van der Waals surface area contributed by atoms with E-state index in [1.165, 1.54) is 5.56 Å². The van der Waals surface area contributed by atoms with Crippen molar-refractivity contribution >= 4 is 22.8 Å². The third-order valence-electron chi connectivity index (χ3n) is 5.58. The van der Waals surface area contributed by atoms with Crippen molar-refractivity contribution in [3.05, 3.63) is 60.2 Å². The van der Waals surface area contributed by atoms with Crippen LogP contribution < -0.4 is 10.6 Å². The van der Waals surface area contributed by atoms with E-state index in [9.17, 15) is 4.79 Å². The highest BCUT2D eigenvalue weighted by Crippen LogP contribution is 2.30. The van der Waals surface area contributed by atoms with E-state index in [2.05, 4.69) is 58.7 Å². The molecular weight excluding hydrogens is 350 g/mol. The summed E-state index contributed by atoms with van der Waals surface area (Å²) in [6, 6.07) is 18.3. The zero-order valence-corrected chi connectivity index (χ0v) is 16.6. The van der Waals surface area contributed by atoms with E-state index in [0.717, 1.165) is 30.4 Å². The lowest BCUT2D eigenvalue weighted by atomic mass is 10.00. The van der Waals surface area contributed by atoms with Gasteiger partial charge < -0.3 is 5.32 Å². The summed E-state index contributed by atoms with van der Waals surface area (Å²) in [5, 5.41) is 11.4. The van der Waals surface area contributed by atoms with Crippen molar-refractivity contribution in [2.75, 3.05) is 11.9 Å². The molecule has 0 aliphatic carbocycles. The smallest absolute Gasteiger partial charge is 0.320 e. The zero-order valence-electron chi connectivity index (χ0n) is 16.6. The Balaban J connectivity index is 1.41. The molecule has 3 aromatic rings. The zero-order chi connectivity index (χ0) is 19.7. The van der Waals surface area contributed by atoms with Crippen molar-refractivity contribution < 1.29 is 4.79 Å². The van der Waals surface area contributed by atoms with E-state index >= 15 is 0 Å². The number of nitrogens with one attached hydrogen (secondary N) is 2. The molecule has 6 heteroatoms. The van der Waals surface area contributed by atoms with Crippen LogP contribution in [0.2, 0.25) is 0 Å². The molecule has 0 spiro atoms. The molecule has 1 atom stereocenters. The third-order valence-corrected chi connectivity index (χ3v) is 5.58. The fourth-order valence-electron chi connectivity index (χ4n) is 4.12. The summed E-state index contributed by atoms with van der Waals surface area (Å²) in [7, 11) is 1.88. The molecule has 0 radical (unpaired) electrons. The highest BCUT2D eigenvalue weighted by Gasteiger charge is 2.38. The fourth-order valence-corrected chi connectivity index (χ4v) is 4.12. The number of amides is 2. The predicted octanol–water partition coefficient (Wildman–Crippen LogP) is 3.75. The maximum absolute atomic E-state index is 12.6. The minimum Gasteiger partial charge on any atom is -0.334 e. The Morgan fingerprint density at radius 2 is 1.86 bits per heavy atom. The van der Waals surface area contributed by atoms with Crippen molar-refractivity contribution in [1.29, 1.82) is 0 Å². The lowest BCUT2D eigenvalue weighted by Gasteiger charge is -2.31. The SMILES string of the molecule is Cn1nc(NC(=O)NC2CN(Cc3ccccc3)C(C)(C)C2)c2ccccc21. The standard InChI is InChI=1S/C22H27N5O/c1-22(2)13-17(15-27(22)14-16-9-5-4-6-10-16)23-21(28)24-20-18-11-7-8-12-19(18)26(3)25-20/h4-12,17H,13-15H2,1-3H3,(H2,23,24,25,28). The number of aryl methyl sites for hydroxylation is 1. The summed E-state index contributed by atoms with van der Waals surface area (Å²) in [5.41, 5.74) is 2.32. The molecule has 1 fully saturated rings. The molecule has 1 aliphatic rings. The van der Waals surface area contributed by atoms with Crippen LogP contribution in [0.25, 0.3) is 10.9 Å². The van der Waals surface area contributed by atoms with Gasteiger partial charge in [0.1, 0.15) is 0 Å². The van der Waals surface area contributed by atoms with Crippen molar-refractivity contribution in [2.45, 2.75) is 38.4 Å². The maximum Gasteiger partial charge on any atom is 0.320 e. The molecule has 146 valence electrons. The van der Waals surface area contributed by atoms with E-state index in [4.69, 9.17) is 0 Å². The summed E-state index contributed by atoms with van der Waals surface area (Å²) in [6.07, 6.45) is 0.913. The molecule has 2 N–H and O–H groups in total. The van der Waals surface area contributed by atoms with Crippen LogP contribution in [0.4, 0.5) is 10.6 Å². The van der Waals surface area contributed by atoms with Crippen LogP contribution in [-0.4, -0.2) is 38.8 Å². The second kappa shape index (κ2) is 7.28. The largest absolute Gasteiger partial charge is 0.334 e. The van der Waals surface area contributed by atoms with Crippen LogP contribution in [-0.2, 0) is 13.6 Å². The second-order valence-electron chi connectivity index (χ2n) is 8.17. The van der Waals surface area contributed by atoms with Gasteiger partial charge >= 0.3 is 6.03 Å². The number of likely N-dealkylation sites (tertiary alicyclic amines) is 1. The van der Waals surface area contributed by atoms with Crippen LogP contribution in [0.1, 0.15) is 25.8 Å². The molecule has 1 unspecified atom stereocenters. The van der Waals surface area contributed by atoms with Gasteiger partial charge in [0.15, 0.2) is 5.82 Å². The van der Waals surface area contributed by atoms with E-state index in [1.807, 2.05) is 37.4 Å². The Morgan fingerprint density at radius 3 is 2.64 bits per heavy atom. The van der Waals surface area contributed by atoms with Gasteiger partial charge in [-0.1, -0.05) is 42.5 Å². The highest BCUT2D eigenvalue weighted by atomic mass is 16.2. The minimum atomic E-state index is -0.203. The number of para-hydroxylation sites is 1. The first-order chi connectivity index (χ1) is 13.4. The Hall–Kier alpha value is -2.86. The molecule has 2 aromatic carbocycles. The van der Waals surface area contributed by atoms with E-state index < -0.39 is 0 Å². The second-order valence-corrected chi connectivity index (χ2v) is 8.17. The van der Waals surface area contributed by atoms with Gasteiger partial charge in [0.2, 0.25) is 0 Å². The molecule has 0 saturated carbocycles. The first-order valence-corrected chi connectivity index (χ1v) is 9.70. The Labute approximate surface area is 165 Å². The van der Waals surface area contributed by atoms with Crippen LogP contribution in [0.15, 0.2) is 54.6 Å². The highest BCUT2D eigenvalue weighted by molar-refractivity contribution is 5.99. The molecule has 2 heterocycles. The molecule has 0 bridgehead atoms. The van der Waals surface area contributed by atoms with Crippen molar-refractivity contribution in [1.82, 2.24) is 20.0 Å². The number of benzene rings is 2. The van der Waals surface area contributed by atoms with Gasteiger partial charge in [-0.2, -0.15) is 5.10 Å². The molecule has 4 rings (SSSR count). The molecule has 1 aromatic heterocycles. The number of fused-ring (bicyclic) bond motifs is 1. The number of aromatic nitrogens is 2. The molecule has 1 saturated heterocycles. The monoisotopic (exact) mass is 377 g/mol.